The maximum absolute atomic E-state index is 12.9. The molecule has 4 rings (SSSR count). The van der Waals surface area contributed by atoms with Crippen molar-refractivity contribution in [1.82, 2.24) is 14.6 Å². The average Bonchev–Trinajstić information content (AvgIpc) is 3.20. The molecule has 33 heavy (non-hydrogen) atoms. The number of alkyl halides is 6. The molecule has 1 amide bonds. The van der Waals surface area contributed by atoms with Gasteiger partial charge in [-0.15, -0.1) is 0 Å². The topological polar surface area (TPSA) is 50.5 Å². The molecular formula is C22H14F6N4O. The quantitative estimate of drug-likeness (QED) is 0.365. The van der Waals surface area contributed by atoms with Gasteiger partial charge in [0.25, 0.3) is 5.91 Å². The van der Waals surface area contributed by atoms with Crippen LogP contribution in [-0.2, 0) is 12.4 Å². The van der Waals surface area contributed by atoms with Gasteiger partial charge in [0.1, 0.15) is 5.82 Å². The molecule has 0 spiro atoms. The maximum Gasteiger partial charge on any atom is 0.417 e. The zero-order valence-corrected chi connectivity index (χ0v) is 16.8. The molecule has 0 bridgehead atoms. The summed E-state index contributed by atoms with van der Waals surface area (Å²) in [5.41, 5.74) is -0.0815. The summed E-state index contributed by atoms with van der Waals surface area (Å²) in [6, 6.07) is 9.43. The molecule has 4 aromatic rings. The number of nitrogens with zero attached hydrogens (tertiary/aromatic N) is 4. The van der Waals surface area contributed by atoms with Gasteiger partial charge in [0, 0.05) is 30.6 Å². The summed E-state index contributed by atoms with van der Waals surface area (Å²) in [5, 5.41) is 4.15. The number of halogens is 6. The van der Waals surface area contributed by atoms with E-state index < -0.39 is 29.4 Å². The normalized spacial score (nSPS) is 12.2. The van der Waals surface area contributed by atoms with Crippen molar-refractivity contribution < 1.29 is 31.1 Å². The third-order valence-corrected chi connectivity index (χ3v) is 5.02. The van der Waals surface area contributed by atoms with E-state index in [1.807, 2.05) is 0 Å². The highest BCUT2D eigenvalue weighted by atomic mass is 19.4. The molecule has 0 aliphatic carbocycles. The van der Waals surface area contributed by atoms with Crippen LogP contribution in [0.4, 0.5) is 32.2 Å². The summed E-state index contributed by atoms with van der Waals surface area (Å²) in [7, 11) is 1.37. The zero-order valence-electron chi connectivity index (χ0n) is 16.8. The molecule has 0 radical (unpaired) electrons. The van der Waals surface area contributed by atoms with Crippen LogP contribution in [0.3, 0.4) is 0 Å². The Morgan fingerprint density at radius 3 is 2.09 bits per heavy atom. The van der Waals surface area contributed by atoms with Gasteiger partial charge in [-0.1, -0.05) is 12.1 Å². The van der Waals surface area contributed by atoms with E-state index in [1.54, 1.807) is 0 Å². The van der Waals surface area contributed by atoms with Gasteiger partial charge in [-0.3, -0.25) is 9.69 Å². The van der Waals surface area contributed by atoms with E-state index in [0.29, 0.717) is 22.8 Å². The maximum atomic E-state index is 12.9. The summed E-state index contributed by atoms with van der Waals surface area (Å²) in [4.78, 5) is 17.7. The number of aromatic nitrogens is 3. The van der Waals surface area contributed by atoms with Gasteiger partial charge < -0.3 is 0 Å². The van der Waals surface area contributed by atoms with Crippen LogP contribution in [0.15, 0.2) is 67.1 Å². The van der Waals surface area contributed by atoms with E-state index in [1.165, 1.54) is 48.2 Å². The first-order valence-corrected chi connectivity index (χ1v) is 9.41. The number of carbonyl (C=O) groups is 1. The highest BCUT2D eigenvalue weighted by Crippen LogP contribution is 2.33. The number of carbonyl (C=O) groups excluding carboxylic acids is 1. The number of amides is 1. The highest BCUT2D eigenvalue weighted by Gasteiger charge is 2.31. The van der Waals surface area contributed by atoms with Crippen molar-refractivity contribution in [2.45, 2.75) is 12.4 Å². The van der Waals surface area contributed by atoms with E-state index in [4.69, 9.17) is 0 Å². The second-order valence-corrected chi connectivity index (χ2v) is 7.15. The molecule has 3 heterocycles. The molecule has 5 nitrogen and oxygen atoms in total. The largest absolute Gasteiger partial charge is 0.417 e. The lowest BCUT2D eigenvalue weighted by Crippen LogP contribution is -2.27. The smallest absolute Gasteiger partial charge is 0.296 e. The third kappa shape index (κ3) is 4.38. The number of fused-ring (bicyclic) bond motifs is 1. The van der Waals surface area contributed by atoms with Crippen LogP contribution in [-0.4, -0.2) is 27.6 Å². The van der Waals surface area contributed by atoms with Crippen LogP contribution in [0, 0.1) is 0 Å². The number of benzene rings is 1. The molecule has 3 aromatic heterocycles. The van der Waals surface area contributed by atoms with Crippen molar-refractivity contribution in [1.29, 1.82) is 0 Å². The zero-order chi connectivity index (χ0) is 24.0. The van der Waals surface area contributed by atoms with Crippen LogP contribution < -0.4 is 4.90 Å². The molecule has 0 saturated carbocycles. The van der Waals surface area contributed by atoms with Crippen molar-refractivity contribution in [2.24, 2.45) is 0 Å². The van der Waals surface area contributed by atoms with Gasteiger partial charge in [0.05, 0.1) is 22.8 Å². The van der Waals surface area contributed by atoms with Gasteiger partial charge >= 0.3 is 12.4 Å². The summed E-state index contributed by atoms with van der Waals surface area (Å²) in [6.45, 7) is 0. The lowest BCUT2D eigenvalue weighted by molar-refractivity contribution is -0.138. The Balaban J connectivity index is 1.64. The van der Waals surface area contributed by atoms with Crippen LogP contribution >= 0.6 is 0 Å². The SMILES string of the molecule is CN(C(=O)c1ccn2ncc(-c3ccc(C(F)(F)F)cc3)c2c1)c1ccc(C(F)(F)F)cn1. The molecule has 0 aliphatic heterocycles. The summed E-state index contributed by atoms with van der Waals surface area (Å²) in [6.07, 6.45) is -5.40. The van der Waals surface area contributed by atoms with Crippen LogP contribution in [0.5, 0.6) is 0 Å². The van der Waals surface area contributed by atoms with E-state index in [9.17, 15) is 31.1 Å². The monoisotopic (exact) mass is 464 g/mol. The van der Waals surface area contributed by atoms with E-state index in [-0.39, 0.29) is 11.4 Å². The Labute approximate surface area is 182 Å². The van der Waals surface area contributed by atoms with E-state index in [0.717, 1.165) is 29.2 Å². The van der Waals surface area contributed by atoms with Gasteiger partial charge in [-0.05, 0) is 42.0 Å². The lowest BCUT2D eigenvalue weighted by atomic mass is 10.0. The van der Waals surface area contributed by atoms with Crippen molar-refractivity contribution in [2.75, 3.05) is 11.9 Å². The Bertz CT molecular complexity index is 1310. The fourth-order valence-corrected chi connectivity index (χ4v) is 3.22. The number of rotatable bonds is 3. The first-order valence-electron chi connectivity index (χ1n) is 9.41. The summed E-state index contributed by atoms with van der Waals surface area (Å²) >= 11 is 0. The molecular weight excluding hydrogens is 450 g/mol. The predicted molar refractivity (Wildman–Crippen MR) is 108 cm³/mol. The molecule has 1 aromatic carbocycles. The summed E-state index contributed by atoms with van der Waals surface area (Å²) < 4.78 is 78.2. The fraction of sp³-hybridized carbons (Fsp3) is 0.136. The molecule has 170 valence electrons. The number of pyridine rings is 2. The molecule has 0 atom stereocenters. The first-order chi connectivity index (χ1) is 15.4. The third-order valence-electron chi connectivity index (χ3n) is 5.02. The fourth-order valence-electron chi connectivity index (χ4n) is 3.22. The summed E-state index contributed by atoms with van der Waals surface area (Å²) in [5.74, 6) is -0.520. The Hall–Kier alpha value is -3.89. The van der Waals surface area contributed by atoms with Crippen molar-refractivity contribution in [3.05, 3.63) is 83.8 Å². The average molecular weight is 464 g/mol. The van der Waals surface area contributed by atoms with Crippen LogP contribution in [0.25, 0.3) is 16.6 Å². The Kier molecular flexibility index (Phi) is 5.35. The minimum atomic E-state index is -4.55. The molecule has 11 heteroatoms. The Morgan fingerprint density at radius 2 is 1.52 bits per heavy atom. The molecule has 0 aliphatic rings. The van der Waals surface area contributed by atoms with Crippen molar-refractivity contribution in [3.63, 3.8) is 0 Å². The minimum absolute atomic E-state index is 0.0179. The first kappa shape index (κ1) is 22.3. The minimum Gasteiger partial charge on any atom is -0.296 e. The standard InChI is InChI=1S/C22H14F6N4O/c1-31(19-7-6-16(11-29-19)22(26,27)28)20(33)14-8-9-32-18(10-14)17(12-30-32)13-2-4-15(5-3-13)21(23,24)25/h2-12H,1H3. The van der Waals surface area contributed by atoms with E-state index >= 15 is 0 Å². The van der Waals surface area contributed by atoms with Gasteiger partial charge in [-0.2, -0.15) is 31.4 Å². The number of hydrogen-bond donors (Lipinski definition) is 0. The Morgan fingerprint density at radius 1 is 0.879 bits per heavy atom. The van der Waals surface area contributed by atoms with Gasteiger partial charge in [0.2, 0.25) is 0 Å². The lowest BCUT2D eigenvalue weighted by Gasteiger charge is -2.17. The van der Waals surface area contributed by atoms with Gasteiger partial charge in [-0.25, -0.2) is 9.50 Å². The van der Waals surface area contributed by atoms with Crippen LogP contribution in [0.2, 0.25) is 0 Å². The number of hydrogen-bond acceptors (Lipinski definition) is 3. The van der Waals surface area contributed by atoms with Crippen molar-refractivity contribution in [3.8, 4) is 11.1 Å². The van der Waals surface area contributed by atoms with E-state index in [2.05, 4.69) is 10.1 Å². The molecule has 0 N–H and O–H groups in total. The molecule has 0 fully saturated rings. The van der Waals surface area contributed by atoms with Gasteiger partial charge in [0.15, 0.2) is 0 Å². The number of anilines is 1. The highest BCUT2D eigenvalue weighted by molar-refractivity contribution is 6.06. The predicted octanol–water partition coefficient (Wildman–Crippen LogP) is 5.71. The van der Waals surface area contributed by atoms with Crippen LogP contribution in [0.1, 0.15) is 21.5 Å². The second kappa shape index (κ2) is 7.91. The second-order valence-electron chi connectivity index (χ2n) is 7.15. The van der Waals surface area contributed by atoms with Crippen molar-refractivity contribution >= 4 is 17.2 Å². The molecule has 0 unspecified atom stereocenters. The molecule has 0 saturated heterocycles.